The van der Waals surface area contributed by atoms with Crippen LogP contribution in [0.5, 0.6) is 0 Å². The highest BCUT2D eigenvalue weighted by molar-refractivity contribution is 6.42. The molecule has 0 radical (unpaired) electrons. The molecule has 2 amide bonds. The first-order valence-electron chi connectivity index (χ1n) is 9.45. The fraction of sp³-hybridized carbons (Fsp3) is 0.364. The summed E-state index contributed by atoms with van der Waals surface area (Å²) in [5, 5.41) is 6.46. The number of hydrogen-bond donors (Lipinski definition) is 2. The van der Waals surface area contributed by atoms with E-state index >= 15 is 0 Å². The third kappa shape index (κ3) is 7.26. The smallest absolute Gasteiger partial charge is 0.408 e. The number of rotatable bonds is 6. The van der Waals surface area contributed by atoms with Gasteiger partial charge in [0.15, 0.2) is 0 Å². The van der Waals surface area contributed by atoms with E-state index in [1.807, 2.05) is 25.1 Å². The molecule has 0 aliphatic rings. The van der Waals surface area contributed by atoms with Crippen molar-refractivity contribution >= 4 is 40.9 Å². The van der Waals surface area contributed by atoms with Crippen molar-refractivity contribution in [1.29, 1.82) is 0 Å². The molecule has 0 spiro atoms. The third-order valence-electron chi connectivity index (χ3n) is 3.99. The van der Waals surface area contributed by atoms with Gasteiger partial charge in [-0.05, 0) is 62.6 Å². The van der Waals surface area contributed by atoms with Crippen LogP contribution in [0.3, 0.4) is 0 Å². The van der Waals surface area contributed by atoms with Crippen LogP contribution < -0.4 is 10.6 Å². The second kappa shape index (κ2) is 9.99. The number of benzene rings is 2. The molecule has 0 heterocycles. The number of carbonyl (C=O) groups is 2. The summed E-state index contributed by atoms with van der Waals surface area (Å²) in [5.74, 6) is -0.292. The maximum Gasteiger partial charge on any atom is 0.408 e. The molecular weight excluding hydrogens is 411 g/mol. The van der Waals surface area contributed by atoms with Crippen molar-refractivity contribution < 1.29 is 14.3 Å². The van der Waals surface area contributed by atoms with Crippen LogP contribution in [0.25, 0.3) is 11.1 Å². The number of ether oxygens (including phenoxy) is 1. The van der Waals surface area contributed by atoms with E-state index in [1.54, 1.807) is 45.0 Å². The van der Waals surface area contributed by atoms with Crippen LogP contribution >= 0.6 is 23.2 Å². The van der Waals surface area contributed by atoms with Crippen molar-refractivity contribution in [3.05, 3.63) is 52.5 Å². The van der Waals surface area contributed by atoms with Crippen LogP contribution in [-0.2, 0) is 9.53 Å². The van der Waals surface area contributed by atoms with Gasteiger partial charge >= 0.3 is 6.09 Å². The Balaban J connectivity index is 2.05. The summed E-state index contributed by atoms with van der Waals surface area (Å²) >= 11 is 12.0. The minimum absolute atomic E-state index is 0.292. The molecule has 0 aliphatic heterocycles. The van der Waals surface area contributed by atoms with Crippen LogP contribution in [0.15, 0.2) is 42.5 Å². The Bertz CT molecular complexity index is 861. The molecule has 2 N–H and O–H groups in total. The van der Waals surface area contributed by atoms with E-state index in [0.29, 0.717) is 22.2 Å². The van der Waals surface area contributed by atoms with Gasteiger partial charge in [0.1, 0.15) is 11.6 Å². The zero-order valence-corrected chi connectivity index (χ0v) is 18.5. The van der Waals surface area contributed by atoms with Crippen LogP contribution in [0.1, 0.15) is 40.5 Å². The summed E-state index contributed by atoms with van der Waals surface area (Å²) in [5.41, 5.74) is 1.87. The molecule has 0 aliphatic carbocycles. The second-order valence-electron chi connectivity index (χ2n) is 7.68. The molecule has 1 atom stereocenters. The van der Waals surface area contributed by atoms with Gasteiger partial charge in [0.25, 0.3) is 0 Å². The maximum absolute atomic E-state index is 12.6. The average Bonchev–Trinajstić information content (AvgIpc) is 2.63. The molecule has 156 valence electrons. The van der Waals surface area contributed by atoms with Crippen LogP contribution in [0.4, 0.5) is 10.5 Å². The van der Waals surface area contributed by atoms with Crippen molar-refractivity contribution in [1.82, 2.24) is 5.32 Å². The Morgan fingerprint density at radius 3 is 2.17 bits per heavy atom. The summed E-state index contributed by atoms with van der Waals surface area (Å²) in [7, 11) is 0. The van der Waals surface area contributed by atoms with Crippen LogP contribution in [-0.4, -0.2) is 23.6 Å². The summed E-state index contributed by atoms with van der Waals surface area (Å²) < 4.78 is 5.25. The van der Waals surface area contributed by atoms with E-state index in [-0.39, 0.29) is 5.91 Å². The predicted molar refractivity (Wildman–Crippen MR) is 119 cm³/mol. The Morgan fingerprint density at radius 2 is 1.62 bits per heavy atom. The molecule has 0 aromatic heterocycles. The van der Waals surface area contributed by atoms with Crippen molar-refractivity contribution in [2.24, 2.45) is 0 Å². The SMILES string of the molecule is CCC[C@H](NC(=O)OC(C)(C)C)C(=O)Nc1ccc(-c2ccc(Cl)c(Cl)c2)cc1. The minimum atomic E-state index is -0.676. The predicted octanol–water partition coefficient (Wildman–Crippen LogP) is 6.29. The van der Waals surface area contributed by atoms with E-state index in [4.69, 9.17) is 27.9 Å². The molecule has 0 saturated carbocycles. The van der Waals surface area contributed by atoms with Gasteiger partial charge in [0.2, 0.25) is 5.91 Å². The van der Waals surface area contributed by atoms with E-state index < -0.39 is 17.7 Å². The molecule has 29 heavy (non-hydrogen) atoms. The molecule has 0 bridgehead atoms. The molecule has 0 unspecified atom stereocenters. The van der Waals surface area contributed by atoms with Crippen molar-refractivity contribution in [3.8, 4) is 11.1 Å². The normalized spacial score (nSPS) is 12.2. The highest BCUT2D eigenvalue weighted by Crippen LogP contribution is 2.29. The van der Waals surface area contributed by atoms with E-state index in [0.717, 1.165) is 17.5 Å². The van der Waals surface area contributed by atoms with E-state index in [9.17, 15) is 9.59 Å². The van der Waals surface area contributed by atoms with E-state index in [1.165, 1.54) is 0 Å². The topological polar surface area (TPSA) is 67.4 Å². The molecule has 0 saturated heterocycles. The highest BCUT2D eigenvalue weighted by Gasteiger charge is 2.23. The van der Waals surface area contributed by atoms with Gasteiger partial charge in [-0.25, -0.2) is 4.79 Å². The summed E-state index contributed by atoms with van der Waals surface area (Å²) in [6, 6.07) is 12.1. The number of hydrogen-bond acceptors (Lipinski definition) is 3. The van der Waals surface area contributed by atoms with Gasteiger partial charge in [-0.2, -0.15) is 0 Å². The quantitative estimate of drug-likeness (QED) is 0.558. The molecule has 2 aromatic carbocycles. The Morgan fingerprint density at radius 1 is 1.00 bits per heavy atom. The first kappa shape index (κ1) is 23.0. The Kier molecular flexibility index (Phi) is 7.94. The first-order valence-corrected chi connectivity index (χ1v) is 10.2. The molecular formula is C22H26Cl2N2O3. The molecule has 2 rings (SSSR count). The lowest BCUT2D eigenvalue weighted by molar-refractivity contribution is -0.118. The maximum atomic E-state index is 12.6. The average molecular weight is 437 g/mol. The number of nitrogens with one attached hydrogen (secondary N) is 2. The molecule has 0 fully saturated rings. The number of halogens is 2. The van der Waals surface area contributed by atoms with Gasteiger partial charge in [0, 0.05) is 5.69 Å². The summed E-state index contributed by atoms with van der Waals surface area (Å²) in [6.45, 7) is 7.27. The number of anilines is 1. The molecule has 7 heteroatoms. The Hall–Kier alpha value is -2.24. The highest BCUT2D eigenvalue weighted by atomic mass is 35.5. The van der Waals surface area contributed by atoms with Crippen molar-refractivity contribution in [3.63, 3.8) is 0 Å². The third-order valence-corrected chi connectivity index (χ3v) is 4.73. The van der Waals surface area contributed by atoms with Gasteiger partial charge in [-0.15, -0.1) is 0 Å². The van der Waals surface area contributed by atoms with Gasteiger partial charge in [-0.3, -0.25) is 4.79 Å². The number of alkyl carbamates (subject to hydrolysis) is 1. The fourth-order valence-corrected chi connectivity index (χ4v) is 2.96. The van der Waals surface area contributed by atoms with Crippen molar-refractivity contribution in [2.75, 3.05) is 5.32 Å². The monoisotopic (exact) mass is 436 g/mol. The molecule has 5 nitrogen and oxygen atoms in total. The minimum Gasteiger partial charge on any atom is -0.444 e. The number of amides is 2. The summed E-state index contributed by atoms with van der Waals surface area (Å²) in [6.07, 6.45) is 0.636. The Labute approximate surface area is 181 Å². The first-order chi connectivity index (χ1) is 13.6. The van der Waals surface area contributed by atoms with Gasteiger partial charge in [-0.1, -0.05) is 54.7 Å². The zero-order chi connectivity index (χ0) is 21.6. The van der Waals surface area contributed by atoms with Crippen LogP contribution in [0, 0.1) is 0 Å². The largest absolute Gasteiger partial charge is 0.444 e. The lowest BCUT2D eigenvalue weighted by Gasteiger charge is -2.23. The zero-order valence-electron chi connectivity index (χ0n) is 17.0. The van der Waals surface area contributed by atoms with E-state index in [2.05, 4.69) is 10.6 Å². The van der Waals surface area contributed by atoms with Crippen molar-refractivity contribution in [2.45, 2.75) is 52.2 Å². The van der Waals surface area contributed by atoms with Gasteiger partial charge in [0.05, 0.1) is 10.0 Å². The van der Waals surface area contributed by atoms with Gasteiger partial charge < -0.3 is 15.4 Å². The fourth-order valence-electron chi connectivity index (χ4n) is 2.66. The lowest BCUT2D eigenvalue weighted by Crippen LogP contribution is -2.45. The molecule has 2 aromatic rings. The summed E-state index contributed by atoms with van der Waals surface area (Å²) in [4.78, 5) is 24.6. The lowest BCUT2D eigenvalue weighted by atomic mass is 10.1. The van der Waals surface area contributed by atoms with Crippen LogP contribution in [0.2, 0.25) is 10.0 Å². The number of carbonyl (C=O) groups excluding carboxylic acids is 2. The second-order valence-corrected chi connectivity index (χ2v) is 8.50. The standard InChI is InChI=1S/C22H26Cl2N2O3/c1-5-6-19(26-21(28)29-22(2,3)4)20(27)25-16-10-7-14(8-11-16)15-9-12-17(23)18(24)13-15/h7-13,19H,5-6H2,1-4H3,(H,25,27)(H,26,28)/t19-/m0/s1.